The summed E-state index contributed by atoms with van der Waals surface area (Å²) in [6, 6.07) is 4.57. The van der Waals surface area contributed by atoms with E-state index in [1.165, 1.54) is 17.3 Å². The number of hydrogen-bond donors (Lipinski definition) is 3. The van der Waals surface area contributed by atoms with Gasteiger partial charge < -0.3 is 10.6 Å². The monoisotopic (exact) mass is 332 g/mol. The molecule has 0 spiro atoms. The summed E-state index contributed by atoms with van der Waals surface area (Å²) in [6.45, 7) is 3.48. The topological polar surface area (TPSA) is 90.5 Å². The maximum absolute atomic E-state index is 12.2. The summed E-state index contributed by atoms with van der Waals surface area (Å²) in [6.07, 6.45) is 0. The Hall–Kier alpha value is -1.35. The number of hydrogen-bond acceptors (Lipinski definition) is 4. The van der Waals surface area contributed by atoms with Crippen molar-refractivity contribution in [3.05, 3.63) is 23.2 Å². The summed E-state index contributed by atoms with van der Waals surface area (Å²) in [7, 11) is -3.59. The van der Waals surface area contributed by atoms with Crippen LogP contribution in [0.4, 0.5) is 11.4 Å². The van der Waals surface area contributed by atoms with Crippen LogP contribution in [0.1, 0.15) is 6.92 Å². The average molecular weight is 333 g/mol. The van der Waals surface area contributed by atoms with E-state index in [2.05, 4.69) is 15.4 Å². The molecule has 21 heavy (non-hydrogen) atoms. The number of anilines is 2. The van der Waals surface area contributed by atoms with E-state index in [9.17, 15) is 13.2 Å². The summed E-state index contributed by atoms with van der Waals surface area (Å²) in [5.74, 6) is -0.244. The second-order valence-corrected chi connectivity index (χ2v) is 6.71. The maximum atomic E-state index is 12.2. The molecule has 3 N–H and O–H groups in total. The fraction of sp³-hybridized carbons (Fsp3) is 0.417. The molecule has 1 aromatic carbocycles. The van der Waals surface area contributed by atoms with E-state index in [1.54, 1.807) is 12.1 Å². The van der Waals surface area contributed by atoms with Crippen LogP contribution in [0.25, 0.3) is 0 Å². The molecule has 1 amide bonds. The molecule has 0 radical (unpaired) electrons. The molecule has 0 aromatic heterocycles. The van der Waals surface area contributed by atoms with Gasteiger partial charge in [-0.3, -0.25) is 9.52 Å². The summed E-state index contributed by atoms with van der Waals surface area (Å²) < 4.78 is 28.3. The van der Waals surface area contributed by atoms with Crippen LogP contribution in [0.15, 0.2) is 18.2 Å². The Bertz CT molecular complexity index is 629. The van der Waals surface area contributed by atoms with Crippen molar-refractivity contribution in [2.45, 2.75) is 6.92 Å². The van der Waals surface area contributed by atoms with E-state index >= 15 is 0 Å². The molecule has 2 rings (SSSR count). The molecule has 0 saturated carbocycles. The van der Waals surface area contributed by atoms with Gasteiger partial charge in [0.15, 0.2) is 0 Å². The van der Waals surface area contributed by atoms with Crippen molar-refractivity contribution in [1.82, 2.24) is 9.62 Å². The van der Waals surface area contributed by atoms with Crippen LogP contribution >= 0.6 is 11.6 Å². The van der Waals surface area contributed by atoms with E-state index in [1.807, 2.05) is 0 Å². The van der Waals surface area contributed by atoms with Gasteiger partial charge in [0, 0.05) is 33.1 Å². The van der Waals surface area contributed by atoms with Gasteiger partial charge in [0.1, 0.15) is 0 Å². The Morgan fingerprint density at radius 1 is 1.33 bits per heavy atom. The normalized spacial score (nSPS) is 16.5. The second-order valence-electron chi connectivity index (χ2n) is 4.63. The SMILES string of the molecule is CC(=O)Nc1ccc(NS(=O)(=O)N2CCNCC2)cc1Cl. The smallest absolute Gasteiger partial charge is 0.301 e. The minimum Gasteiger partial charge on any atom is -0.325 e. The minimum atomic E-state index is -3.59. The van der Waals surface area contributed by atoms with Gasteiger partial charge in [0.25, 0.3) is 0 Å². The Morgan fingerprint density at radius 3 is 2.57 bits per heavy atom. The van der Waals surface area contributed by atoms with Crippen LogP contribution in [0, 0.1) is 0 Å². The Balaban J connectivity index is 2.12. The highest BCUT2D eigenvalue weighted by Crippen LogP contribution is 2.26. The largest absolute Gasteiger partial charge is 0.325 e. The highest BCUT2D eigenvalue weighted by atomic mass is 35.5. The van der Waals surface area contributed by atoms with E-state index in [-0.39, 0.29) is 10.9 Å². The number of nitrogens with one attached hydrogen (secondary N) is 3. The van der Waals surface area contributed by atoms with Crippen LogP contribution in [0.2, 0.25) is 5.02 Å². The predicted octanol–water partition coefficient (Wildman–Crippen LogP) is 0.860. The molecular formula is C12H17ClN4O3S. The molecule has 1 fully saturated rings. The molecule has 1 aliphatic heterocycles. The number of carbonyl (C=O) groups excluding carboxylic acids is 1. The average Bonchev–Trinajstić information content (AvgIpc) is 2.42. The zero-order valence-corrected chi connectivity index (χ0v) is 13.1. The molecule has 1 heterocycles. The third-order valence-electron chi connectivity index (χ3n) is 2.94. The molecule has 116 valence electrons. The fourth-order valence-corrected chi connectivity index (χ4v) is 3.41. The van der Waals surface area contributed by atoms with Gasteiger partial charge in [-0.05, 0) is 18.2 Å². The van der Waals surface area contributed by atoms with Crippen molar-refractivity contribution in [1.29, 1.82) is 0 Å². The molecule has 0 aliphatic carbocycles. The maximum Gasteiger partial charge on any atom is 0.301 e. The molecule has 1 aliphatic rings. The summed E-state index contributed by atoms with van der Waals surface area (Å²) in [5.41, 5.74) is 0.793. The highest BCUT2D eigenvalue weighted by Gasteiger charge is 2.23. The zero-order valence-electron chi connectivity index (χ0n) is 11.5. The van der Waals surface area contributed by atoms with E-state index in [0.717, 1.165) is 0 Å². The molecule has 0 bridgehead atoms. The van der Waals surface area contributed by atoms with Gasteiger partial charge in [-0.15, -0.1) is 0 Å². The lowest BCUT2D eigenvalue weighted by molar-refractivity contribution is -0.114. The van der Waals surface area contributed by atoms with Crippen molar-refractivity contribution < 1.29 is 13.2 Å². The lowest BCUT2D eigenvalue weighted by Crippen LogP contribution is -2.48. The van der Waals surface area contributed by atoms with E-state index < -0.39 is 10.2 Å². The van der Waals surface area contributed by atoms with Gasteiger partial charge in [-0.2, -0.15) is 12.7 Å². The van der Waals surface area contributed by atoms with Gasteiger partial charge in [-0.25, -0.2) is 0 Å². The quantitative estimate of drug-likeness (QED) is 0.762. The number of halogens is 1. The van der Waals surface area contributed by atoms with Crippen molar-refractivity contribution in [3.8, 4) is 0 Å². The molecule has 1 aromatic rings. The van der Waals surface area contributed by atoms with Crippen molar-refractivity contribution >= 4 is 39.1 Å². The van der Waals surface area contributed by atoms with Gasteiger partial charge in [-0.1, -0.05) is 11.6 Å². The van der Waals surface area contributed by atoms with Crippen molar-refractivity contribution in [2.75, 3.05) is 36.2 Å². The number of amides is 1. The fourth-order valence-electron chi connectivity index (χ4n) is 1.97. The molecule has 1 saturated heterocycles. The van der Waals surface area contributed by atoms with Crippen molar-refractivity contribution in [3.63, 3.8) is 0 Å². The Labute approximate surface area is 128 Å². The third kappa shape index (κ3) is 4.31. The van der Waals surface area contributed by atoms with Crippen LogP contribution < -0.4 is 15.4 Å². The van der Waals surface area contributed by atoms with Crippen LogP contribution in [-0.4, -0.2) is 44.8 Å². The molecule has 9 heteroatoms. The summed E-state index contributed by atoms with van der Waals surface area (Å²) in [5, 5.41) is 5.92. The summed E-state index contributed by atoms with van der Waals surface area (Å²) in [4.78, 5) is 11.0. The lowest BCUT2D eigenvalue weighted by Gasteiger charge is -2.26. The first-order valence-electron chi connectivity index (χ1n) is 6.44. The standard InChI is InChI=1S/C12H17ClN4O3S/c1-9(18)15-12-3-2-10(8-11(12)13)16-21(19,20)17-6-4-14-5-7-17/h2-3,8,14,16H,4-7H2,1H3,(H,15,18). The van der Waals surface area contributed by atoms with E-state index in [0.29, 0.717) is 37.6 Å². The second kappa shape index (κ2) is 6.61. The molecule has 0 unspecified atom stereocenters. The summed E-state index contributed by atoms with van der Waals surface area (Å²) >= 11 is 6.01. The third-order valence-corrected chi connectivity index (χ3v) is 4.79. The molecule has 7 nitrogen and oxygen atoms in total. The minimum absolute atomic E-state index is 0.244. The number of carbonyl (C=O) groups is 1. The zero-order chi connectivity index (χ0) is 15.5. The first-order valence-corrected chi connectivity index (χ1v) is 8.26. The highest BCUT2D eigenvalue weighted by molar-refractivity contribution is 7.90. The number of piperazine rings is 1. The van der Waals surface area contributed by atoms with Crippen molar-refractivity contribution in [2.24, 2.45) is 0 Å². The van der Waals surface area contributed by atoms with Crippen LogP contribution in [0.3, 0.4) is 0 Å². The van der Waals surface area contributed by atoms with E-state index in [4.69, 9.17) is 11.6 Å². The molecule has 0 atom stereocenters. The lowest BCUT2D eigenvalue weighted by atomic mass is 10.3. The first-order chi connectivity index (χ1) is 9.88. The number of nitrogens with zero attached hydrogens (tertiary/aromatic N) is 1. The Morgan fingerprint density at radius 2 is 2.00 bits per heavy atom. The number of rotatable bonds is 4. The molecular weight excluding hydrogens is 316 g/mol. The van der Waals surface area contributed by atoms with Crippen LogP contribution in [-0.2, 0) is 15.0 Å². The Kier molecular flexibility index (Phi) is 5.04. The van der Waals surface area contributed by atoms with Gasteiger partial charge in [0.2, 0.25) is 5.91 Å². The van der Waals surface area contributed by atoms with Gasteiger partial charge in [0.05, 0.1) is 16.4 Å². The van der Waals surface area contributed by atoms with Gasteiger partial charge >= 0.3 is 10.2 Å². The predicted molar refractivity (Wildman–Crippen MR) is 82.7 cm³/mol. The number of benzene rings is 1. The van der Waals surface area contributed by atoms with Crippen LogP contribution in [0.5, 0.6) is 0 Å². The first kappa shape index (κ1) is 16.0.